The van der Waals surface area contributed by atoms with E-state index >= 15 is 0 Å². The van der Waals surface area contributed by atoms with Crippen molar-refractivity contribution in [2.24, 2.45) is 29.2 Å². The van der Waals surface area contributed by atoms with Crippen LogP contribution in [0.4, 0.5) is 0 Å². The van der Waals surface area contributed by atoms with Crippen LogP contribution in [0, 0.1) is 17.8 Å². The van der Waals surface area contributed by atoms with Crippen molar-refractivity contribution in [3.05, 3.63) is 24.0 Å². The molecule has 4 N–H and O–H groups in total. The van der Waals surface area contributed by atoms with Gasteiger partial charge in [-0.2, -0.15) is 0 Å². The minimum absolute atomic E-state index is 0.0999. The molecule has 0 aliphatic carbocycles. The van der Waals surface area contributed by atoms with E-state index in [1.165, 1.54) is 74.0 Å². The number of nitrogens with zero attached hydrogens (tertiary/aromatic N) is 2. The maximum atomic E-state index is 13.5. The number of nitrogens with two attached hydrogens (primary N) is 2. The summed E-state index contributed by atoms with van der Waals surface area (Å²) in [6.45, 7) is 6.66. The maximum Gasteiger partial charge on any atom is 0.236 e. The lowest BCUT2D eigenvalue weighted by atomic mass is 9.86. The Labute approximate surface area is 283 Å². The number of carbonyl (C=O) groups is 4. The molecule has 0 aromatic carbocycles. The second-order valence-corrected chi connectivity index (χ2v) is 15.2. The smallest absolute Gasteiger partial charge is 0.236 e. The van der Waals surface area contributed by atoms with Crippen molar-refractivity contribution >= 4 is 40.8 Å². The molecule has 2 fully saturated rings. The van der Waals surface area contributed by atoms with Gasteiger partial charge in [0.15, 0.2) is 0 Å². The average Bonchev–Trinajstić information content (AvgIpc) is 3.48. The highest BCUT2D eigenvalue weighted by Gasteiger charge is 2.42. The Kier molecular flexibility index (Phi) is 21.8. The molecule has 0 radical (unpaired) electrons. The van der Waals surface area contributed by atoms with Gasteiger partial charge in [0.1, 0.15) is 0 Å². The molecular formula is C36H64N4O4P2. The summed E-state index contributed by atoms with van der Waals surface area (Å²) in [6, 6.07) is 0. The van der Waals surface area contributed by atoms with E-state index in [1.807, 2.05) is 12.2 Å². The topological polar surface area (TPSA) is 127 Å². The first-order chi connectivity index (χ1) is 22.3. The number of allylic oxidation sites excluding steroid dienone is 2. The second-order valence-electron chi connectivity index (χ2n) is 13.3. The van der Waals surface area contributed by atoms with E-state index in [1.54, 1.807) is 0 Å². The zero-order valence-corrected chi connectivity index (χ0v) is 30.7. The highest BCUT2D eigenvalue weighted by atomic mass is 32.0. The quantitative estimate of drug-likeness (QED) is 0.0390. The first-order valence-electron chi connectivity index (χ1n) is 18.2. The Bertz CT molecular complexity index is 976. The molecule has 262 valence electrons. The predicted molar refractivity (Wildman–Crippen MR) is 195 cm³/mol. The molecule has 2 heterocycles. The van der Waals surface area contributed by atoms with Crippen molar-refractivity contribution in [1.82, 2.24) is 9.80 Å². The molecule has 2 aliphatic heterocycles. The van der Waals surface area contributed by atoms with Crippen LogP contribution in [0.25, 0.3) is 0 Å². The first kappa shape index (κ1) is 40.7. The van der Waals surface area contributed by atoms with Crippen LogP contribution in [0.1, 0.15) is 135 Å². The minimum atomic E-state index is -0.501. The number of imide groups is 2. The summed E-state index contributed by atoms with van der Waals surface area (Å²) in [4.78, 5) is 55.1. The lowest BCUT2D eigenvalue weighted by Crippen LogP contribution is -2.33. The predicted octanol–water partition coefficient (Wildman–Crippen LogP) is 7.22. The number of likely N-dealkylation sites (tertiary alicyclic amines) is 2. The molecule has 0 aromatic rings. The molecule has 46 heavy (non-hydrogen) atoms. The Morgan fingerprint density at radius 2 is 1.11 bits per heavy atom. The van der Waals surface area contributed by atoms with Crippen molar-refractivity contribution in [3.8, 4) is 0 Å². The summed E-state index contributed by atoms with van der Waals surface area (Å²) in [5.41, 5.74) is 11.1. The summed E-state index contributed by atoms with van der Waals surface area (Å²) < 4.78 is 0. The first-order valence-corrected chi connectivity index (χ1v) is 21.1. The number of hydrogen-bond donors (Lipinski definition) is 2. The Morgan fingerprint density at radius 1 is 0.696 bits per heavy atom. The Morgan fingerprint density at radius 3 is 1.57 bits per heavy atom. The molecule has 0 bridgehead atoms. The molecule has 5 atom stereocenters. The molecule has 4 amide bonds. The van der Waals surface area contributed by atoms with Crippen LogP contribution in [0.5, 0.6) is 0 Å². The SMILES string of the molecule is C=C(CC(C=CC1CC(=O)N(CCCCCCCCCCCN)C1=O)C1CC(=O)N(CCCCCCCCCCCN)C1=O)PP. The summed E-state index contributed by atoms with van der Waals surface area (Å²) in [5.74, 6) is -1.62. The third kappa shape index (κ3) is 15.2. The monoisotopic (exact) mass is 678 g/mol. The number of carbonyl (C=O) groups excluding carboxylic acids is 4. The maximum absolute atomic E-state index is 13.5. The second kappa shape index (κ2) is 24.6. The highest BCUT2D eigenvalue weighted by Crippen LogP contribution is 2.40. The van der Waals surface area contributed by atoms with Crippen LogP contribution in [0.3, 0.4) is 0 Å². The summed E-state index contributed by atoms with van der Waals surface area (Å²) in [6.07, 6.45) is 25.1. The lowest BCUT2D eigenvalue weighted by Gasteiger charge is -2.21. The van der Waals surface area contributed by atoms with Crippen molar-refractivity contribution < 1.29 is 19.2 Å². The van der Waals surface area contributed by atoms with Gasteiger partial charge in [-0.25, -0.2) is 0 Å². The molecule has 5 unspecified atom stereocenters. The summed E-state index contributed by atoms with van der Waals surface area (Å²) in [5, 5.41) is 1.01. The van der Waals surface area contributed by atoms with E-state index in [0.717, 1.165) is 69.8 Å². The van der Waals surface area contributed by atoms with Crippen LogP contribution in [0.2, 0.25) is 0 Å². The van der Waals surface area contributed by atoms with E-state index in [4.69, 9.17) is 11.5 Å². The minimum Gasteiger partial charge on any atom is -0.330 e. The molecule has 0 saturated carbocycles. The molecule has 0 aromatic heterocycles. The van der Waals surface area contributed by atoms with Gasteiger partial charge >= 0.3 is 0 Å². The van der Waals surface area contributed by atoms with Gasteiger partial charge in [0.05, 0.1) is 11.8 Å². The van der Waals surface area contributed by atoms with Crippen molar-refractivity contribution in [1.29, 1.82) is 0 Å². The fourth-order valence-electron chi connectivity index (χ4n) is 6.64. The Balaban J connectivity index is 1.81. The fourth-order valence-corrected chi connectivity index (χ4v) is 7.35. The van der Waals surface area contributed by atoms with Crippen LogP contribution in [-0.4, -0.2) is 59.6 Å². The summed E-state index contributed by atoms with van der Waals surface area (Å²) >= 11 is 0. The normalized spacial score (nSPS) is 19.6. The Hall–Kier alpha value is -1.46. The van der Waals surface area contributed by atoms with Crippen LogP contribution < -0.4 is 11.5 Å². The fraction of sp³-hybridized carbons (Fsp3) is 0.778. The number of amides is 4. The summed E-state index contributed by atoms with van der Waals surface area (Å²) in [7, 11) is 3.16. The highest BCUT2D eigenvalue weighted by molar-refractivity contribution is 8.05. The van der Waals surface area contributed by atoms with E-state index in [2.05, 4.69) is 15.5 Å². The largest absolute Gasteiger partial charge is 0.330 e. The molecule has 2 aliphatic rings. The molecular weight excluding hydrogens is 614 g/mol. The standard InChI is InChI=1S/C36H64N4O4P2/c1-29(46-45)26-30(32-28-34(42)40(36(32)44)25-19-15-11-7-3-5-9-13-17-23-38)20-21-31-27-33(41)39(35(31)43)24-18-14-10-6-2-4-8-12-16-22-37/h20-21,30-32,46H,1-19,22-28,37-38,45H2. The molecule has 8 nitrogen and oxygen atoms in total. The third-order valence-corrected chi connectivity index (χ3v) is 11.4. The van der Waals surface area contributed by atoms with E-state index < -0.39 is 11.8 Å². The zero-order valence-electron chi connectivity index (χ0n) is 28.5. The van der Waals surface area contributed by atoms with Gasteiger partial charge in [0.25, 0.3) is 0 Å². The zero-order chi connectivity index (χ0) is 33.6. The van der Waals surface area contributed by atoms with Crippen LogP contribution in [-0.2, 0) is 19.2 Å². The van der Waals surface area contributed by atoms with Crippen LogP contribution >= 0.6 is 17.2 Å². The van der Waals surface area contributed by atoms with E-state index in [0.29, 0.717) is 27.8 Å². The molecule has 0 spiro atoms. The van der Waals surface area contributed by atoms with Crippen molar-refractivity contribution in [3.63, 3.8) is 0 Å². The van der Waals surface area contributed by atoms with Gasteiger partial charge in [-0.3, -0.25) is 29.0 Å². The lowest BCUT2D eigenvalue weighted by molar-refractivity contribution is -0.140. The van der Waals surface area contributed by atoms with Gasteiger partial charge < -0.3 is 11.5 Å². The van der Waals surface area contributed by atoms with Gasteiger partial charge in [0.2, 0.25) is 23.6 Å². The van der Waals surface area contributed by atoms with Gasteiger partial charge in [-0.05, 0) is 51.1 Å². The number of rotatable bonds is 28. The van der Waals surface area contributed by atoms with Crippen molar-refractivity contribution in [2.75, 3.05) is 26.2 Å². The van der Waals surface area contributed by atoms with Crippen LogP contribution in [0.15, 0.2) is 24.0 Å². The van der Waals surface area contributed by atoms with Crippen molar-refractivity contribution in [2.45, 2.75) is 135 Å². The average molecular weight is 679 g/mol. The molecule has 2 rings (SSSR count). The number of unbranched alkanes of at least 4 members (excludes halogenated alkanes) is 16. The molecule has 10 heteroatoms. The molecule has 2 saturated heterocycles. The van der Waals surface area contributed by atoms with Gasteiger partial charge in [0, 0.05) is 25.9 Å². The third-order valence-electron chi connectivity index (χ3n) is 9.52. The van der Waals surface area contributed by atoms with Gasteiger partial charge in [-0.1, -0.05) is 122 Å². The van der Waals surface area contributed by atoms with E-state index in [9.17, 15) is 19.2 Å². The van der Waals surface area contributed by atoms with E-state index in [-0.39, 0.29) is 42.4 Å². The van der Waals surface area contributed by atoms with Gasteiger partial charge in [-0.15, -0.1) is 8.93 Å². The number of hydrogen-bond acceptors (Lipinski definition) is 6.